The lowest BCUT2D eigenvalue weighted by atomic mass is 10.0. The average Bonchev–Trinajstić information content (AvgIpc) is 3.39. The molecule has 13 heteroatoms. The van der Waals surface area contributed by atoms with E-state index in [2.05, 4.69) is 20.6 Å². The molecule has 6 rings (SSSR count). The standard InChI is InChI=1S/C31H30F3N7O3/c32-31(33,34)19-41-25-12-5-4-10-22(25)26(20-8-2-1-3-9-20)37-27(28(41)42)38-29(43)39-16-13-21(14-17-39)40-18-24(36-30(40)44)23-11-6-7-15-35-23/h1-12,15,21,24,27H,13-14,16-19H2,(H,36,44)(H,38,43)/t24?,27-/m0/s1. The number of hydrogen-bond donors (Lipinski definition) is 2. The monoisotopic (exact) mass is 605 g/mol. The van der Waals surface area contributed by atoms with Crippen molar-refractivity contribution in [2.45, 2.75) is 37.3 Å². The molecular weight excluding hydrogens is 575 g/mol. The quantitative estimate of drug-likeness (QED) is 0.457. The van der Waals surface area contributed by atoms with Gasteiger partial charge < -0.3 is 20.4 Å². The van der Waals surface area contributed by atoms with Gasteiger partial charge in [0, 0.05) is 43.0 Å². The summed E-state index contributed by atoms with van der Waals surface area (Å²) in [5, 5.41) is 5.55. The first-order valence-corrected chi connectivity index (χ1v) is 14.3. The molecule has 228 valence electrons. The van der Waals surface area contributed by atoms with Crippen molar-refractivity contribution < 1.29 is 27.6 Å². The van der Waals surface area contributed by atoms with Gasteiger partial charge >= 0.3 is 18.2 Å². The number of benzene rings is 2. The minimum Gasteiger partial charge on any atom is -0.328 e. The molecule has 4 heterocycles. The first-order valence-electron chi connectivity index (χ1n) is 14.3. The van der Waals surface area contributed by atoms with Gasteiger partial charge in [0.25, 0.3) is 5.91 Å². The van der Waals surface area contributed by atoms with Crippen LogP contribution in [0.3, 0.4) is 0 Å². The number of carbonyl (C=O) groups excluding carboxylic acids is 3. The van der Waals surface area contributed by atoms with Crippen LogP contribution in [0, 0.1) is 0 Å². The Kier molecular flexibility index (Phi) is 7.93. The van der Waals surface area contributed by atoms with Gasteiger partial charge in [-0.3, -0.25) is 14.7 Å². The summed E-state index contributed by atoms with van der Waals surface area (Å²) in [6.07, 6.45) is -3.60. The average molecular weight is 606 g/mol. The number of anilines is 1. The maximum atomic E-state index is 13.7. The number of aromatic nitrogens is 1. The van der Waals surface area contributed by atoms with E-state index in [-0.39, 0.29) is 36.9 Å². The molecule has 3 aliphatic heterocycles. The lowest BCUT2D eigenvalue weighted by molar-refractivity contribution is -0.133. The molecule has 0 aliphatic carbocycles. The highest BCUT2D eigenvalue weighted by molar-refractivity contribution is 6.20. The van der Waals surface area contributed by atoms with Crippen molar-refractivity contribution >= 4 is 29.4 Å². The van der Waals surface area contributed by atoms with Gasteiger partial charge in [-0.15, -0.1) is 0 Å². The van der Waals surface area contributed by atoms with E-state index in [1.807, 2.05) is 18.2 Å². The van der Waals surface area contributed by atoms with Crippen molar-refractivity contribution in [3.05, 3.63) is 95.8 Å². The zero-order chi connectivity index (χ0) is 30.8. The van der Waals surface area contributed by atoms with Crippen LogP contribution in [-0.2, 0) is 4.79 Å². The van der Waals surface area contributed by atoms with E-state index >= 15 is 0 Å². The Balaban J connectivity index is 1.19. The second-order valence-corrected chi connectivity index (χ2v) is 10.9. The van der Waals surface area contributed by atoms with E-state index in [9.17, 15) is 27.6 Å². The van der Waals surface area contributed by atoms with Gasteiger partial charge in [0.05, 0.1) is 23.1 Å². The molecule has 2 N–H and O–H groups in total. The van der Waals surface area contributed by atoms with Crippen LogP contribution in [0.4, 0.5) is 28.4 Å². The summed E-state index contributed by atoms with van der Waals surface area (Å²) in [6.45, 7) is -0.500. The number of alkyl halides is 3. The normalized spacial score (nSPS) is 21.0. The summed E-state index contributed by atoms with van der Waals surface area (Å²) in [5.74, 6) is -0.988. The van der Waals surface area contributed by atoms with Crippen LogP contribution in [-0.4, -0.2) is 83.0 Å². The largest absolute Gasteiger partial charge is 0.406 e. The molecule has 0 saturated carbocycles. The molecule has 2 fully saturated rings. The number of para-hydroxylation sites is 1. The molecule has 3 aliphatic rings. The highest BCUT2D eigenvalue weighted by Crippen LogP contribution is 2.31. The fourth-order valence-electron chi connectivity index (χ4n) is 5.90. The number of amides is 5. The number of nitrogens with zero attached hydrogens (tertiary/aromatic N) is 5. The SMILES string of the molecule is O=C(N[C@@H]1N=C(c2ccccc2)c2ccccc2N(CC(F)(F)F)C1=O)N1CCC(N2CC(c3ccccn3)NC2=O)CC1. The van der Waals surface area contributed by atoms with Crippen LogP contribution >= 0.6 is 0 Å². The van der Waals surface area contributed by atoms with Crippen molar-refractivity contribution in [1.29, 1.82) is 0 Å². The number of urea groups is 2. The molecule has 10 nitrogen and oxygen atoms in total. The van der Waals surface area contributed by atoms with E-state index in [0.29, 0.717) is 41.1 Å². The van der Waals surface area contributed by atoms with Crippen molar-refractivity contribution in [2.75, 3.05) is 31.1 Å². The molecule has 0 radical (unpaired) electrons. The third kappa shape index (κ3) is 6.08. The van der Waals surface area contributed by atoms with Crippen molar-refractivity contribution in [3.8, 4) is 0 Å². The molecule has 0 spiro atoms. The van der Waals surface area contributed by atoms with E-state index < -0.39 is 30.8 Å². The van der Waals surface area contributed by atoms with E-state index in [1.54, 1.807) is 59.6 Å². The second-order valence-electron chi connectivity index (χ2n) is 10.9. The Hall–Kier alpha value is -4.94. The second kappa shape index (κ2) is 12.0. The fraction of sp³-hybridized carbons (Fsp3) is 0.323. The smallest absolute Gasteiger partial charge is 0.328 e. The van der Waals surface area contributed by atoms with Gasteiger partial charge in [-0.2, -0.15) is 13.2 Å². The predicted molar refractivity (Wildman–Crippen MR) is 156 cm³/mol. The van der Waals surface area contributed by atoms with Gasteiger partial charge in [0.15, 0.2) is 0 Å². The van der Waals surface area contributed by atoms with Crippen LogP contribution in [0.25, 0.3) is 0 Å². The first kappa shape index (κ1) is 29.1. The van der Waals surface area contributed by atoms with Gasteiger partial charge in [0.1, 0.15) is 6.54 Å². The molecule has 44 heavy (non-hydrogen) atoms. The number of carbonyl (C=O) groups is 3. The van der Waals surface area contributed by atoms with Gasteiger partial charge in [-0.25, -0.2) is 14.6 Å². The molecule has 1 unspecified atom stereocenters. The molecule has 2 aromatic carbocycles. The minimum atomic E-state index is -4.69. The highest BCUT2D eigenvalue weighted by atomic mass is 19.4. The summed E-state index contributed by atoms with van der Waals surface area (Å²) >= 11 is 0. The third-order valence-electron chi connectivity index (χ3n) is 8.03. The van der Waals surface area contributed by atoms with E-state index in [1.165, 1.54) is 11.0 Å². The molecule has 3 aromatic rings. The Morgan fingerprint density at radius 2 is 1.66 bits per heavy atom. The Morgan fingerprint density at radius 3 is 2.36 bits per heavy atom. The van der Waals surface area contributed by atoms with Gasteiger partial charge in [-0.1, -0.05) is 54.6 Å². The van der Waals surface area contributed by atoms with Crippen molar-refractivity contribution in [2.24, 2.45) is 4.99 Å². The Bertz CT molecular complexity index is 1560. The maximum absolute atomic E-state index is 13.7. The first-order chi connectivity index (χ1) is 21.2. The third-order valence-corrected chi connectivity index (χ3v) is 8.03. The summed E-state index contributed by atoms with van der Waals surface area (Å²) < 4.78 is 41.1. The summed E-state index contributed by atoms with van der Waals surface area (Å²) in [7, 11) is 0. The number of likely N-dealkylation sites (tertiary alicyclic amines) is 1. The Labute approximate surface area is 251 Å². The zero-order valence-electron chi connectivity index (χ0n) is 23.6. The summed E-state index contributed by atoms with van der Waals surface area (Å²) in [4.78, 5) is 52.5. The number of aliphatic imine (C=N–C) groups is 1. The van der Waals surface area contributed by atoms with E-state index in [0.717, 1.165) is 5.69 Å². The number of hydrogen-bond acceptors (Lipinski definition) is 5. The fourth-order valence-corrected chi connectivity index (χ4v) is 5.90. The number of benzodiazepines with no additional fused rings is 1. The predicted octanol–water partition coefficient (Wildman–Crippen LogP) is 4.09. The molecule has 0 bridgehead atoms. The number of pyridine rings is 1. The number of rotatable bonds is 5. The molecule has 5 amide bonds. The topological polar surface area (TPSA) is 110 Å². The number of halogens is 3. The number of fused-ring (bicyclic) bond motifs is 1. The van der Waals surface area contributed by atoms with Crippen LogP contribution < -0.4 is 15.5 Å². The van der Waals surface area contributed by atoms with Gasteiger partial charge in [0.2, 0.25) is 6.17 Å². The lowest BCUT2D eigenvalue weighted by Crippen LogP contribution is -2.55. The van der Waals surface area contributed by atoms with Crippen molar-refractivity contribution in [1.82, 2.24) is 25.4 Å². The van der Waals surface area contributed by atoms with Crippen molar-refractivity contribution in [3.63, 3.8) is 0 Å². The van der Waals surface area contributed by atoms with Gasteiger partial charge in [-0.05, 0) is 31.0 Å². The molecule has 2 atom stereocenters. The molecule has 1 aromatic heterocycles. The summed E-state index contributed by atoms with van der Waals surface area (Å²) in [5.41, 5.74) is 2.07. The lowest BCUT2D eigenvalue weighted by Gasteiger charge is -2.36. The van der Waals surface area contributed by atoms with Crippen LogP contribution in [0.1, 0.15) is 35.7 Å². The highest BCUT2D eigenvalue weighted by Gasteiger charge is 2.41. The zero-order valence-corrected chi connectivity index (χ0v) is 23.6. The van der Waals surface area contributed by atoms with Crippen LogP contribution in [0.5, 0.6) is 0 Å². The van der Waals surface area contributed by atoms with E-state index in [4.69, 9.17) is 0 Å². The minimum absolute atomic E-state index is 0.0582. The molecule has 2 saturated heterocycles. The molecular formula is C31H30F3N7O3. The number of nitrogens with one attached hydrogen (secondary N) is 2. The Morgan fingerprint density at radius 1 is 0.955 bits per heavy atom. The number of piperidine rings is 1. The summed E-state index contributed by atoms with van der Waals surface area (Å²) in [6, 6.07) is 19.5. The maximum Gasteiger partial charge on any atom is 0.406 e. The van der Waals surface area contributed by atoms with Crippen LogP contribution in [0.2, 0.25) is 0 Å². The van der Waals surface area contributed by atoms with Crippen LogP contribution in [0.15, 0.2) is 84.0 Å².